The molecule has 31 heavy (non-hydrogen) atoms. The van der Waals surface area contributed by atoms with Crippen LogP contribution in [0, 0.1) is 5.82 Å². The van der Waals surface area contributed by atoms with Crippen LogP contribution in [-0.2, 0) is 0 Å². The first-order chi connectivity index (χ1) is 15.0. The van der Waals surface area contributed by atoms with Gasteiger partial charge >= 0.3 is 0 Å². The molecule has 0 bridgehead atoms. The van der Waals surface area contributed by atoms with E-state index in [1.807, 2.05) is 42.5 Å². The highest BCUT2D eigenvalue weighted by Crippen LogP contribution is 2.38. The third-order valence-corrected chi connectivity index (χ3v) is 5.87. The number of halogens is 1. The first-order valence-electron chi connectivity index (χ1n) is 10.8. The molecule has 5 heteroatoms. The van der Waals surface area contributed by atoms with Crippen molar-refractivity contribution in [2.75, 3.05) is 13.1 Å². The number of nitrogens with zero attached hydrogens (tertiary/aromatic N) is 1. The molecule has 1 heterocycles. The molecular weight excluding hydrogens is 393 g/mol. The quantitative estimate of drug-likeness (QED) is 0.557. The van der Waals surface area contributed by atoms with E-state index in [0.29, 0.717) is 11.3 Å². The number of hydrogen-bond donors (Lipinski definition) is 2. The summed E-state index contributed by atoms with van der Waals surface area (Å²) in [5.41, 5.74) is 3.27. The number of phenolic OH excluding ortho intramolecular Hbond substituents is 1. The van der Waals surface area contributed by atoms with Gasteiger partial charge in [0.2, 0.25) is 0 Å². The van der Waals surface area contributed by atoms with Gasteiger partial charge in [0.25, 0.3) is 0 Å². The summed E-state index contributed by atoms with van der Waals surface area (Å²) in [6, 6.07) is 19.7. The number of benzene rings is 3. The Morgan fingerprint density at radius 1 is 0.968 bits per heavy atom. The number of aliphatic hydroxyl groups excluding tert-OH is 1. The fraction of sp³-hybridized carbons (Fsp3) is 0.308. The van der Waals surface area contributed by atoms with Crippen molar-refractivity contribution < 1.29 is 19.3 Å². The van der Waals surface area contributed by atoms with Crippen molar-refractivity contribution in [1.82, 2.24) is 4.90 Å². The van der Waals surface area contributed by atoms with Crippen LogP contribution in [-0.4, -0.2) is 40.5 Å². The number of para-hydroxylation sites is 1. The van der Waals surface area contributed by atoms with Gasteiger partial charge in [0, 0.05) is 18.7 Å². The van der Waals surface area contributed by atoms with Gasteiger partial charge in [-0.2, -0.15) is 0 Å². The minimum atomic E-state index is -0.266. The summed E-state index contributed by atoms with van der Waals surface area (Å²) >= 11 is 0. The zero-order valence-corrected chi connectivity index (χ0v) is 17.7. The lowest BCUT2D eigenvalue weighted by Gasteiger charge is -2.35. The topological polar surface area (TPSA) is 52.9 Å². The Bertz CT molecular complexity index is 1010. The van der Waals surface area contributed by atoms with Crippen molar-refractivity contribution in [3.8, 4) is 33.8 Å². The lowest BCUT2D eigenvalue weighted by Crippen LogP contribution is -2.45. The van der Waals surface area contributed by atoms with E-state index >= 15 is 0 Å². The second-order valence-corrected chi connectivity index (χ2v) is 7.99. The number of phenols is 1. The Kier molecular flexibility index (Phi) is 6.54. The number of ether oxygens (including phenoxy) is 1. The minimum absolute atomic E-state index is 0.108. The number of aromatic hydroxyl groups is 1. The molecule has 3 aromatic rings. The Morgan fingerprint density at radius 2 is 1.65 bits per heavy atom. The molecule has 2 N–H and O–H groups in total. The van der Waals surface area contributed by atoms with Gasteiger partial charge in [0.1, 0.15) is 5.82 Å². The molecule has 4 nitrogen and oxygen atoms in total. The van der Waals surface area contributed by atoms with Crippen LogP contribution in [0.2, 0.25) is 0 Å². The Hall–Kier alpha value is -2.89. The van der Waals surface area contributed by atoms with Gasteiger partial charge < -0.3 is 14.9 Å². The Morgan fingerprint density at radius 3 is 2.32 bits per heavy atom. The molecule has 1 saturated heterocycles. The smallest absolute Gasteiger partial charge is 0.165 e. The second-order valence-electron chi connectivity index (χ2n) is 7.99. The van der Waals surface area contributed by atoms with Gasteiger partial charge in [-0.05, 0) is 54.2 Å². The SMILES string of the molecule is CCC(Oc1cccc(-c2ccc(-c3cccc(F)c3)cc2)c1O)N1CCC(O)CC1. The number of aliphatic hydroxyl groups is 1. The van der Waals surface area contributed by atoms with Gasteiger partial charge in [-0.25, -0.2) is 4.39 Å². The fourth-order valence-corrected chi connectivity index (χ4v) is 4.10. The zero-order chi connectivity index (χ0) is 21.8. The monoisotopic (exact) mass is 421 g/mol. The van der Waals surface area contributed by atoms with E-state index in [0.717, 1.165) is 49.0 Å². The molecule has 0 amide bonds. The van der Waals surface area contributed by atoms with E-state index in [9.17, 15) is 14.6 Å². The van der Waals surface area contributed by atoms with Crippen LogP contribution in [0.15, 0.2) is 66.7 Å². The molecule has 0 aromatic heterocycles. The molecule has 1 aliphatic heterocycles. The van der Waals surface area contributed by atoms with Crippen LogP contribution in [0.1, 0.15) is 26.2 Å². The maximum absolute atomic E-state index is 13.5. The third kappa shape index (κ3) is 4.89. The number of rotatable bonds is 6. The normalized spacial score (nSPS) is 16.2. The molecule has 0 saturated carbocycles. The lowest BCUT2D eigenvalue weighted by atomic mass is 9.99. The average Bonchev–Trinajstić information content (AvgIpc) is 2.79. The van der Waals surface area contributed by atoms with E-state index in [1.165, 1.54) is 12.1 Å². The third-order valence-electron chi connectivity index (χ3n) is 5.87. The summed E-state index contributed by atoms with van der Waals surface area (Å²) in [7, 11) is 0. The molecule has 0 aliphatic carbocycles. The van der Waals surface area contributed by atoms with Crippen molar-refractivity contribution in [2.24, 2.45) is 0 Å². The van der Waals surface area contributed by atoms with Crippen LogP contribution in [0.4, 0.5) is 4.39 Å². The van der Waals surface area contributed by atoms with Crippen LogP contribution >= 0.6 is 0 Å². The van der Waals surface area contributed by atoms with Crippen LogP contribution < -0.4 is 4.74 Å². The van der Waals surface area contributed by atoms with Crippen molar-refractivity contribution in [1.29, 1.82) is 0 Å². The van der Waals surface area contributed by atoms with Crippen LogP contribution in [0.3, 0.4) is 0 Å². The Labute approximate surface area is 182 Å². The second kappa shape index (κ2) is 9.50. The largest absolute Gasteiger partial charge is 0.504 e. The maximum Gasteiger partial charge on any atom is 0.165 e. The molecule has 1 unspecified atom stereocenters. The molecule has 1 aliphatic rings. The number of hydrogen-bond acceptors (Lipinski definition) is 4. The Balaban J connectivity index is 1.54. The van der Waals surface area contributed by atoms with Crippen LogP contribution in [0.5, 0.6) is 11.5 Å². The highest BCUT2D eigenvalue weighted by atomic mass is 19.1. The predicted molar refractivity (Wildman–Crippen MR) is 120 cm³/mol. The van der Waals surface area contributed by atoms with E-state index < -0.39 is 0 Å². The highest BCUT2D eigenvalue weighted by molar-refractivity contribution is 5.76. The van der Waals surface area contributed by atoms with Crippen molar-refractivity contribution in [3.05, 3.63) is 72.5 Å². The summed E-state index contributed by atoms with van der Waals surface area (Å²) in [6.07, 6.45) is 1.87. The van der Waals surface area contributed by atoms with Crippen LogP contribution in [0.25, 0.3) is 22.3 Å². The molecular formula is C26H28FNO3. The fourth-order valence-electron chi connectivity index (χ4n) is 4.10. The van der Waals surface area contributed by atoms with E-state index in [-0.39, 0.29) is 23.9 Å². The van der Waals surface area contributed by atoms with Gasteiger partial charge in [-0.1, -0.05) is 55.5 Å². The van der Waals surface area contributed by atoms with Crippen molar-refractivity contribution >= 4 is 0 Å². The number of likely N-dealkylation sites (tertiary alicyclic amines) is 1. The molecule has 4 rings (SSSR count). The zero-order valence-electron chi connectivity index (χ0n) is 17.7. The summed E-state index contributed by atoms with van der Waals surface area (Å²) in [5.74, 6) is 0.291. The molecule has 0 radical (unpaired) electrons. The first-order valence-corrected chi connectivity index (χ1v) is 10.8. The average molecular weight is 422 g/mol. The highest BCUT2D eigenvalue weighted by Gasteiger charge is 2.25. The van der Waals surface area contributed by atoms with Gasteiger partial charge in [0.05, 0.1) is 6.10 Å². The molecule has 3 aromatic carbocycles. The van der Waals surface area contributed by atoms with Gasteiger partial charge in [-0.15, -0.1) is 0 Å². The van der Waals surface area contributed by atoms with Crippen molar-refractivity contribution in [2.45, 2.75) is 38.5 Å². The minimum Gasteiger partial charge on any atom is -0.504 e. The molecule has 1 fully saturated rings. The maximum atomic E-state index is 13.5. The van der Waals surface area contributed by atoms with Gasteiger partial charge in [0.15, 0.2) is 17.7 Å². The summed E-state index contributed by atoms with van der Waals surface area (Å²) in [5, 5.41) is 20.7. The number of piperidine rings is 1. The van der Waals surface area contributed by atoms with E-state index in [2.05, 4.69) is 11.8 Å². The molecule has 162 valence electrons. The predicted octanol–water partition coefficient (Wildman–Crippen LogP) is 5.44. The van der Waals surface area contributed by atoms with E-state index in [1.54, 1.807) is 12.1 Å². The molecule has 1 atom stereocenters. The van der Waals surface area contributed by atoms with Gasteiger partial charge in [-0.3, -0.25) is 4.90 Å². The lowest BCUT2D eigenvalue weighted by molar-refractivity contribution is -0.0198. The van der Waals surface area contributed by atoms with E-state index in [4.69, 9.17) is 4.74 Å². The summed E-state index contributed by atoms with van der Waals surface area (Å²) in [6.45, 7) is 3.62. The van der Waals surface area contributed by atoms with Crippen molar-refractivity contribution in [3.63, 3.8) is 0 Å². The first kappa shape index (κ1) is 21.3. The summed E-state index contributed by atoms with van der Waals surface area (Å²) < 4.78 is 19.7. The summed E-state index contributed by atoms with van der Waals surface area (Å²) in [4.78, 5) is 2.21. The molecule has 0 spiro atoms. The standard InChI is InChI=1S/C26H28FNO3/c1-2-25(28-15-13-22(29)14-16-28)31-24-8-4-7-23(26(24)30)19-11-9-18(10-12-19)20-5-3-6-21(27)17-20/h3-12,17,22,25,29-30H,2,13-16H2,1H3.